The van der Waals surface area contributed by atoms with Gasteiger partial charge in [0.15, 0.2) is 0 Å². The molecule has 8 heteroatoms. The number of nitrogens with one attached hydrogen (secondary N) is 1. The van der Waals surface area contributed by atoms with Crippen molar-refractivity contribution in [1.29, 1.82) is 0 Å². The fourth-order valence-electron chi connectivity index (χ4n) is 3.93. The van der Waals surface area contributed by atoms with Gasteiger partial charge in [-0.15, -0.1) is 5.10 Å². The van der Waals surface area contributed by atoms with Gasteiger partial charge in [0.2, 0.25) is 17.8 Å². The number of amides is 2. The van der Waals surface area contributed by atoms with Crippen molar-refractivity contribution < 1.29 is 9.59 Å². The summed E-state index contributed by atoms with van der Waals surface area (Å²) in [5.74, 6) is 0.150. The first-order valence-corrected chi connectivity index (χ1v) is 9.87. The lowest BCUT2D eigenvalue weighted by atomic mass is 9.93. The minimum Gasteiger partial charge on any atom is -0.347 e. The van der Waals surface area contributed by atoms with Crippen LogP contribution in [-0.4, -0.2) is 26.6 Å². The number of fused-ring (bicyclic) bond motifs is 1. The number of aromatic nitrogens is 3. The number of nitrogens with zero attached hydrogens (tertiary/aromatic N) is 4. The van der Waals surface area contributed by atoms with Gasteiger partial charge in [-0.05, 0) is 29.7 Å². The highest BCUT2D eigenvalue weighted by molar-refractivity contribution is 6.30. The molecular weight excluding hydrogens is 390 g/mol. The molecule has 2 aliphatic heterocycles. The van der Waals surface area contributed by atoms with Gasteiger partial charge in [0.1, 0.15) is 0 Å². The molecule has 1 aromatic heterocycles. The maximum Gasteiger partial charge on any atom is 0.260 e. The number of rotatable bonds is 3. The number of carbonyl (C=O) groups excluding carboxylic acids is 2. The van der Waals surface area contributed by atoms with E-state index in [1.54, 1.807) is 4.68 Å². The van der Waals surface area contributed by atoms with Crippen LogP contribution >= 0.6 is 11.6 Å². The second-order valence-corrected chi connectivity index (χ2v) is 7.65. The molecule has 1 saturated heterocycles. The van der Waals surface area contributed by atoms with Gasteiger partial charge in [0, 0.05) is 17.9 Å². The third kappa shape index (κ3) is 3.17. The van der Waals surface area contributed by atoms with Gasteiger partial charge >= 0.3 is 0 Å². The molecule has 2 amide bonds. The molecule has 0 bridgehead atoms. The zero-order chi connectivity index (χ0) is 20.0. The average Bonchev–Trinajstić information content (AvgIpc) is 3.30. The Morgan fingerprint density at radius 2 is 1.62 bits per heavy atom. The van der Waals surface area contributed by atoms with E-state index < -0.39 is 0 Å². The monoisotopic (exact) mass is 407 g/mol. The number of halogens is 1. The van der Waals surface area contributed by atoms with E-state index in [0.717, 1.165) is 22.4 Å². The van der Waals surface area contributed by atoms with Crippen molar-refractivity contribution in [1.82, 2.24) is 14.8 Å². The van der Waals surface area contributed by atoms with Crippen LogP contribution in [-0.2, 0) is 9.59 Å². The number of hydrogen-bond donors (Lipinski definition) is 1. The standard InChI is InChI=1S/C21H18ClN5O2/c22-15-8-6-13(7-9-15)16-12-17(14-4-2-1-3-5-14)27-20(23-16)24-21(25-27)26-18(28)10-11-19(26)29/h1-9,16-17H,10-12H2,(H,23,24,25)/t16-,17+/m1/s1. The fraction of sp³-hybridized carbons (Fsp3) is 0.238. The average molecular weight is 408 g/mol. The lowest BCUT2D eigenvalue weighted by molar-refractivity contribution is -0.121. The molecule has 0 saturated carbocycles. The molecule has 1 fully saturated rings. The van der Waals surface area contributed by atoms with Crippen LogP contribution in [0.4, 0.5) is 11.9 Å². The molecule has 0 radical (unpaired) electrons. The summed E-state index contributed by atoms with van der Waals surface area (Å²) >= 11 is 6.04. The highest BCUT2D eigenvalue weighted by atomic mass is 35.5. The molecule has 2 atom stereocenters. The Morgan fingerprint density at radius 1 is 0.931 bits per heavy atom. The summed E-state index contributed by atoms with van der Waals surface area (Å²) in [5.41, 5.74) is 2.17. The lowest BCUT2D eigenvalue weighted by Gasteiger charge is -2.31. The molecule has 2 aromatic carbocycles. The Morgan fingerprint density at radius 3 is 2.31 bits per heavy atom. The molecule has 1 N–H and O–H groups in total. The molecule has 0 spiro atoms. The fourth-order valence-corrected chi connectivity index (χ4v) is 4.05. The van der Waals surface area contributed by atoms with Crippen molar-refractivity contribution in [2.45, 2.75) is 31.3 Å². The molecule has 0 aliphatic carbocycles. The first kappa shape index (κ1) is 17.9. The van der Waals surface area contributed by atoms with Crippen LogP contribution in [0, 0.1) is 0 Å². The van der Waals surface area contributed by atoms with Crippen LogP contribution in [0.15, 0.2) is 54.6 Å². The van der Waals surface area contributed by atoms with E-state index in [-0.39, 0.29) is 42.7 Å². The quantitative estimate of drug-likeness (QED) is 0.669. The van der Waals surface area contributed by atoms with Crippen LogP contribution in [0.3, 0.4) is 0 Å². The van der Waals surface area contributed by atoms with Crippen molar-refractivity contribution in [3.05, 3.63) is 70.7 Å². The van der Waals surface area contributed by atoms with Gasteiger partial charge in [-0.1, -0.05) is 54.1 Å². The van der Waals surface area contributed by atoms with Crippen molar-refractivity contribution in [3.63, 3.8) is 0 Å². The van der Waals surface area contributed by atoms with Gasteiger partial charge in [-0.25, -0.2) is 9.58 Å². The van der Waals surface area contributed by atoms with Crippen LogP contribution in [0.25, 0.3) is 0 Å². The third-order valence-corrected chi connectivity index (χ3v) is 5.64. The van der Waals surface area contributed by atoms with Crippen molar-refractivity contribution in [2.24, 2.45) is 0 Å². The van der Waals surface area contributed by atoms with Crippen LogP contribution in [0.5, 0.6) is 0 Å². The third-order valence-electron chi connectivity index (χ3n) is 5.39. The Balaban J connectivity index is 1.57. The van der Waals surface area contributed by atoms with Crippen molar-refractivity contribution >= 4 is 35.3 Å². The summed E-state index contributed by atoms with van der Waals surface area (Å²) in [5, 5.41) is 8.62. The van der Waals surface area contributed by atoms with E-state index >= 15 is 0 Å². The van der Waals surface area contributed by atoms with Crippen LogP contribution in [0.2, 0.25) is 5.02 Å². The number of hydrogen-bond acceptors (Lipinski definition) is 5. The highest BCUT2D eigenvalue weighted by Crippen LogP contribution is 2.39. The largest absolute Gasteiger partial charge is 0.347 e. The molecular formula is C21H18ClN5O2. The minimum atomic E-state index is -0.261. The van der Waals surface area contributed by atoms with E-state index in [1.807, 2.05) is 54.6 Å². The Bertz CT molecular complexity index is 1060. The summed E-state index contributed by atoms with van der Waals surface area (Å²) in [6.45, 7) is 0. The normalized spacial score (nSPS) is 21.2. The second-order valence-electron chi connectivity index (χ2n) is 7.21. The van der Waals surface area contributed by atoms with Gasteiger partial charge in [-0.3, -0.25) is 9.59 Å². The lowest BCUT2D eigenvalue weighted by Crippen LogP contribution is -2.30. The maximum absolute atomic E-state index is 12.2. The number of benzene rings is 2. The molecule has 146 valence electrons. The first-order chi connectivity index (χ1) is 14.1. The van der Waals surface area contributed by atoms with E-state index in [4.69, 9.17) is 11.6 Å². The van der Waals surface area contributed by atoms with E-state index in [1.165, 1.54) is 0 Å². The highest BCUT2D eigenvalue weighted by Gasteiger charge is 2.37. The smallest absolute Gasteiger partial charge is 0.260 e. The topological polar surface area (TPSA) is 80.1 Å². The molecule has 3 aromatic rings. The Hall–Kier alpha value is -3.19. The SMILES string of the molecule is O=C1CCC(=O)N1c1nc2n(n1)[C@H](c1ccccc1)C[C@H](c1ccc(Cl)cc1)N2. The summed E-state index contributed by atoms with van der Waals surface area (Å²) in [6.07, 6.45) is 1.14. The van der Waals surface area contributed by atoms with Gasteiger partial charge in [-0.2, -0.15) is 4.98 Å². The molecule has 5 rings (SSSR count). The maximum atomic E-state index is 12.2. The predicted molar refractivity (Wildman–Crippen MR) is 109 cm³/mol. The molecule has 29 heavy (non-hydrogen) atoms. The number of anilines is 2. The van der Waals surface area contributed by atoms with Crippen LogP contribution in [0.1, 0.15) is 42.5 Å². The molecule has 3 heterocycles. The minimum absolute atomic E-state index is 0.00740. The Labute approximate surface area is 172 Å². The zero-order valence-electron chi connectivity index (χ0n) is 15.5. The number of imide groups is 1. The molecule has 0 unspecified atom stereocenters. The first-order valence-electron chi connectivity index (χ1n) is 9.49. The zero-order valence-corrected chi connectivity index (χ0v) is 16.2. The predicted octanol–water partition coefficient (Wildman–Crippen LogP) is 3.73. The number of carbonyl (C=O) groups is 2. The van der Waals surface area contributed by atoms with Crippen molar-refractivity contribution in [3.8, 4) is 0 Å². The molecule has 2 aliphatic rings. The van der Waals surface area contributed by atoms with E-state index in [0.29, 0.717) is 11.0 Å². The van der Waals surface area contributed by atoms with Gasteiger partial charge < -0.3 is 5.32 Å². The van der Waals surface area contributed by atoms with Crippen LogP contribution < -0.4 is 10.2 Å². The van der Waals surface area contributed by atoms with E-state index in [2.05, 4.69) is 15.4 Å². The molecule has 7 nitrogen and oxygen atoms in total. The van der Waals surface area contributed by atoms with E-state index in [9.17, 15) is 9.59 Å². The summed E-state index contributed by atoms with van der Waals surface area (Å²) < 4.78 is 1.77. The second kappa shape index (κ2) is 7.00. The van der Waals surface area contributed by atoms with Crippen molar-refractivity contribution in [2.75, 3.05) is 10.2 Å². The summed E-state index contributed by atoms with van der Waals surface area (Å²) in [6, 6.07) is 17.7. The van der Waals surface area contributed by atoms with Gasteiger partial charge in [0.05, 0.1) is 12.1 Å². The Kier molecular flexibility index (Phi) is 4.32. The summed E-state index contributed by atoms with van der Waals surface area (Å²) in [4.78, 5) is 29.9. The van der Waals surface area contributed by atoms with Gasteiger partial charge in [0.25, 0.3) is 5.95 Å². The summed E-state index contributed by atoms with van der Waals surface area (Å²) in [7, 11) is 0.